The number of nitrogens with one attached hydrogen (secondary N) is 3. The van der Waals surface area contributed by atoms with Gasteiger partial charge in [0.15, 0.2) is 0 Å². The van der Waals surface area contributed by atoms with Gasteiger partial charge in [-0.15, -0.1) is 12.4 Å². The second-order valence-electron chi connectivity index (χ2n) is 6.96. The van der Waals surface area contributed by atoms with Gasteiger partial charge in [0.25, 0.3) is 0 Å². The molecule has 1 aliphatic heterocycles. The van der Waals surface area contributed by atoms with E-state index in [1.165, 1.54) is 0 Å². The molecule has 1 aromatic carbocycles. The molecule has 2 rings (SSSR count). The Morgan fingerprint density at radius 3 is 2.50 bits per heavy atom. The lowest BCUT2D eigenvalue weighted by Gasteiger charge is -2.22. The smallest absolute Gasteiger partial charge is 0.241 e. The molecule has 0 radical (unpaired) electrons. The number of benzene rings is 1. The van der Waals surface area contributed by atoms with Crippen molar-refractivity contribution in [3.63, 3.8) is 0 Å². The van der Waals surface area contributed by atoms with Crippen LogP contribution in [0.2, 0.25) is 0 Å². The van der Waals surface area contributed by atoms with Gasteiger partial charge < -0.3 is 10.6 Å². The van der Waals surface area contributed by atoms with E-state index in [1.54, 1.807) is 45.9 Å². The van der Waals surface area contributed by atoms with Gasteiger partial charge in [-0.1, -0.05) is 6.07 Å². The summed E-state index contributed by atoms with van der Waals surface area (Å²) < 4.78 is 27.7. The summed E-state index contributed by atoms with van der Waals surface area (Å²) in [7, 11) is -3.64. The molecule has 136 valence electrons. The summed E-state index contributed by atoms with van der Waals surface area (Å²) in [5, 5.41) is 6.00. The van der Waals surface area contributed by atoms with Gasteiger partial charge in [-0.05, 0) is 58.4 Å². The first-order valence-corrected chi connectivity index (χ1v) is 9.24. The van der Waals surface area contributed by atoms with Crippen molar-refractivity contribution in [3.8, 4) is 0 Å². The standard InChI is InChI=1S/C16H25N3O3S.ClH/c1-11-13(18-15(20)12-8-9-17-10-12)6-5-7-14(11)23(21,22)19-16(2,3)4;/h5-7,12,17,19H,8-10H2,1-4H3,(H,18,20);1H. The van der Waals surface area contributed by atoms with E-state index >= 15 is 0 Å². The summed E-state index contributed by atoms with van der Waals surface area (Å²) in [5.41, 5.74) is 0.516. The van der Waals surface area contributed by atoms with Gasteiger partial charge in [0.1, 0.15) is 0 Å². The number of carbonyl (C=O) groups excluding carboxylic acids is 1. The molecular formula is C16H26ClN3O3S. The number of sulfonamides is 1. The Morgan fingerprint density at radius 2 is 1.96 bits per heavy atom. The molecule has 8 heteroatoms. The predicted octanol–water partition coefficient (Wildman–Crippen LogP) is 2.04. The largest absolute Gasteiger partial charge is 0.326 e. The molecule has 0 aliphatic carbocycles. The Hall–Kier alpha value is -1.15. The Bertz CT molecular complexity index is 693. The van der Waals surface area contributed by atoms with Crippen LogP contribution in [0.4, 0.5) is 5.69 Å². The zero-order chi connectivity index (χ0) is 17.3. The van der Waals surface area contributed by atoms with Gasteiger partial charge in [0, 0.05) is 17.8 Å². The summed E-state index contributed by atoms with van der Waals surface area (Å²) in [6.45, 7) is 8.57. The van der Waals surface area contributed by atoms with Crippen molar-refractivity contribution in [2.24, 2.45) is 5.92 Å². The lowest BCUT2D eigenvalue weighted by molar-refractivity contribution is -0.119. The van der Waals surface area contributed by atoms with Gasteiger partial charge in [-0.25, -0.2) is 13.1 Å². The number of amides is 1. The lowest BCUT2D eigenvalue weighted by Crippen LogP contribution is -2.40. The van der Waals surface area contributed by atoms with Crippen LogP contribution in [0, 0.1) is 12.8 Å². The monoisotopic (exact) mass is 375 g/mol. The van der Waals surface area contributed by atoms with Crippen LogP contribution < -0.4 is 15.4 Å². The molecule has 1 fully saturated rings. The molecule has 0 bridgehead atoms. The molecule has 1 amide bonds. The second kappa shape index (κ2) is 7.82. The van der Waals surface area contributed by atoms with Crippen LogP contribution in [0.25, 0.3) is 0 Å². The van der Waals surface area contributed by atoms with E-state index in [0.717, 1.165) is 13.0 Å². The molecule has 3 N–H and O–H groups in total. The van der Waals surface area contributed by atoms with Crippen LogP contribution in [-0.2, 0) is 14.8 Å². The average molecular weight is 376 g/mol. The minimum atomic E-state index is -3.64. The van der Waals surface area contributed by atoms with E-state index < -0.39 is 15.6 Å². The van der Waals surface area contributed by atoms with Crippen LogP contribution in [0.15, 0.2) is 23.1 Å². The van der Waals surface area contributed by atoms with Crippen molar-refractivity contribution in [3.05, 3.63) is 23.8 Å². The van der Waals surface area contributed by atoms with E-state index in [-0.39, 0.29) is 29.1 Å². The van der Waals surface area contributed by atoms with Crippen molar-refractivity contribution in [2.45, 2.75) is 44.6 Å². The number of hydrogen-bond donors (Lipinski definition) is 3. The number of halogens is 1. The second-order valence-corrected chi connectivity index (χ2v) is 8.61. The molecule has 6 nitrogen and oxygen atoms in total. The Morgan fingerprint density at radius 1 is 1.29 bits per heavy atom. The SMILES string of the molecule is Cc1c(NC(=O)C2CCNC2)cccc1S(=O)(=O)NC(C)(C)C.Cl. The third-order valence-corrected chi connectivity index (χ3v) is 5.61. The highest BCUT2D eigenvalue weighted by molar-refractivity contribution is 7.89. The first-order valence-electron chi connectivity index (χ1n) is 7.75. The fraction of sp³-hybridized carbons (Fsp3) is 0.562. The lowest BCUT2D eigenvalue weighted by atomic mass is 10.1. The highest BCUT2D eigenvalue weighted by Gasteiger charge is 2.26. The topological polar surface area (TPSA) is 87.3 Å². The fourth-order valence-electron chi connectivity index (χ4n) is 2.61. The minimum absolute atomic E-state index is 0. The maximum Gasteiger partial charge on any atom is 0.241 e. The van der Waals surface area contributed by atoms with Crippen molar-refractivity contribution in [1.82, 2.24) is 10.0 Å². The number of anilines is 1. The summed E-state index contributed by atoms with van der Waals surface area (Å²) in [4.78, 5) is 12.4. The quantitative estimate of drug-likeness (QED) is 0.751. The van der Waals surface area contributed by atoms with Crippen LogP contribution in [0.3, 0.4) is 0 Å². The molecule has 1 unspecified atom stereocenters. The molecule has 1 aliphatic rings. The summed E-state index contributed by atoms with van der Waals surface area (Å²) >= 11 is 0. The van der Waals surface area contributed by atoms with Crippen molar-refractivity contribution in [2.75, 3.05) is 18.4 Å². The number of rotatable bonds is 4. The van der Waals surface area contributed by atoms with Crippen molar-refractivity contribution in [1.29, 1.82) is 0 Å². The van der Waals surface area contributed by atoms with Crippen LogP contribution >= 0.6 is 12.4 Å². The molecule has 24 heavy (non-hydrogen) atoms. The van der Waals surface area contributed by atoms with E-state index in [2.05, 4.69) is 15.4 Å². The zero-order valence-corrected chi connectivity index (χ0v) is 16.1. The third kappa shape index (κ3) is 5.17. The Kier molecular flexibility index (Phi) is 6.81. The fourth-order valence-corrected chi connectivity index (χ4v) is 4.30. The van der Waals surface area contributed by atoms with Gasteiger partial charge in [0.05, 0.1) is 10.8 Å². The van der Waals surface area contributed by atoms with Gasteiger partial charge >= 0.3 is 0 Å². The van der Waals surface area contributed by atoms with E-state index in [9.17, 15) is 13.2 Å². The summed E-state index contributed by atoms with van der Waals surface area (Å²) in [6, 6.07) is 4.93. The Labute approximate surface area is 150 Å². The van der Waals surface area contributed by atoms with Crippen molar-refractivity contribution < 1.29 is 13.2 Å². The molecular weight excluding hydrogens is 350 g/mol. The molecule has 1 heterocycles. The van der Waals surface area contributed by atoms with Gasteiger partial charge in [-0.2, -0.15) is 0 Å². The molecule has 1 aromatic rings. The summed E-state index contributed by atoms with van der Waals surface area (Å²) in [5.74, 6) is -0.140. The first kappa shape index (κ1) is 20.9. The molecule has 0 aromatic heterocycles. The van der Waals surface area contributed by atoms with Gasteiger partial charge in [-0.3, -0.25) is 4.79 Å². The molecule has 0 spiro atoms. The highest BCUT2D eigenvalue weighted by atomic mass is 35.5. The average Bonchev–Trinajstić information content (AvgIpc) is 2.92. The Balaban J connectivity index is 0.00000288. The minimum Gasteiger partial charge on any atom is -0.326 e. The summed E-state index contributed by atoms with van der Waals surface area (Å²) in [6.07, 6.45) is 0.800. The van der Waals surface area contributed by atoms with Gasteiger partial charge in [0.2, 0.25) is 15.9 Å². The third-order valence-electron chi connectivity index (χ3n) is 3.70. The number of hydrogen-bond acceptors (Lipinski definition) is 4. The molecule has 0 saturated carbocycles. The first-order chi connectivity index (χ1) is 10.6. The van der Waals surface area contributed by atoms with E-state index in [0.29, 0.717) is 17.8 Å². The molecule has 1 saturated heterocycles. The van der Waals surface area contributed by atoms with E-state index in [4.69, 9.17) is 0 Å². The van der Waals surface area contributed by atoms with Crippen LogP contribution in [0.1, 0.15) is 32.8 Å². The van der Waals surface area contributed by atoms with Crippen LogP contribution in [-0.4, -0.2) is 33.0 Å². The normalized spacial score (nSPS) is 18.1. The van der Waals surface area contributed by atoms with Crippen molar-refractivity contribution >= 4 is 34.0 Å². The highest BCUT2D eigenvalue weighted by Crippen LogP contribution is 2.25. The number of carbonyl (C=O) groups is 1. The van der Waals surface area contributed by atoms with Crippen LogP contribution in [0.5, 0.6) is 0 Å². The van der Waals surface area contributed by atoms with E-state index in [1.807, 2.05) is 0 Å². The maximum atomic E-state index is 12.5. The predicted molar refractivity (Wildman–Crippen MR) is 98.1 cm³/mol. The maximum absolute atomic E-state index is 12.5. The zero-order valence-electron chi connectivity index (χ0n) is 14.5. The molecule has 1 atom stereocenters.